The van der Waals surface area contributed by atoms with Crippen LogP contribution in [0, 0.1) is 17.8 Å². The summed E-state index contributed by atoms with van der Waals surface area (Å²) < 4.78 is 17.3. The third kappa shape index (κ3) is 2.34. The lowest BCUT2D eigenvalue weighted by atomic mass is 9.60. The minimum Gasteiger partial charge on any atom is -0.473 e. The molecule has 2 bridgehead atoms. The van der Waals surface area contributed by atoms with Gasteiger partial charge in [-0.1, -0.05) is 6.92 Å². The summed E-state index contributed by atoms with van der Waals surface area (Å²) in [7, 11) is 0. The quantitative estimate of drug-likeness (QED) is 0.452. The molecule has 4 heterocycles. The summed E-state index contributed by atoms with van der Waals surface area (Å²) in [4.78, 5) is 33.8. The monoisotopic (exact) mass is 356 g/mol. The smallest absolute Gasteiger partial charge is 0.417 e. The van der Waals surface area contributed by atoms with Crippen molar-refractivity contribution in [3.8, 4) is 0 Å². The van der Waals surface area contributed by atoms with Crippen molar-refractivity contribution in [2.75, 3.05) is 6.61 Å². The molecule has 1 spiro atoms. The van der Waals surface area contributed by atoms with Crippen molar-refractivity contribution in [2.24, 2.45) is 17.8 Å². The van der Waals surface area contributed by atoms with Gasteiger partial charge >= 0.3 is 11.9 Å². The second-order valence-electron chi connectivity index (χ2n) is 8.17. The van der Waals surface area contributed by atoms with Crippen LogP contribution in [0.5, 0.6) is 0 Å². The molecule has 140 valence electrons. The number of carboxylic acid groups (broad SMARTS) is 1. The van der Waals surface area contributed by atoms with Crippen LogP contribution < -0.4 is 0 Å². The molecule has 8 nitrogen and oxygen atoms in total. The first-order valence-corrected chi connectivity index (χ1v) is 8.83. The summed E-state index contributed by atoms with van der Waals surface area (Å²) in [6.45, 7) is 5.70. The van der Waals surface area contributed by atoms with Crippen molar-refractivity contribution in [3.63, 3.8) is 0 Å². The Kier molecular flexibility index (Phi) is 3.71. The number of hydrogen-bond donors (Lipinski definition) is 1. The van der Waals surface area contributed by atoms with Crippen LogP contribution in [-0.4, -0.2) is 46.9 Å². The highest BCUT2D eigenvalue weighted by Crippen LogP contribution is 2.63. The third-order valence-electron chi connectivity index (χ3n) is 6.50. The van der Waals surface area contributed by atoms with E-state index in [1.165, 1.54) is 0 Å². The number of hydrogen-bond acceptors (Lipinski definition) is 7. The summed E-state index contributed by atoms with van der Waals surface area (Å²) >= 11 is 0. The molecule has 0 amide bonds. The zero-order valence-corrected chi connectivity index (χ0v) is 14.6. The maximum atomic E-state index is 11.4. The Morgan fingerprint density at radius 1 is 1.16 bits per heavy atom. The molecule has 5 fully saturated rings. The van der Waals surface area contributed by atoms with Crippen LogP contribution in [0.2, 0.25) is 0 Å². The maximum Gasteiger partial charge on any atom is 0.417 e. The largest absolute Gasteiger partial charge is 0.473 e. The second kappa shape index (κ2) is 5.39. The molecule has 1 unspecified atom stereocenters. The lowest BCUT2D eigenvalue weighted by Crippen LogP contribution is -2.62. The van der Waals surface area contributed by atoms with Gasteiger partial charge in [0.2, 0.25) is 5.79 Å². The lowest BCUT2D eigenvalue weighted by molar-refractivity contribution is -0.541. The molecule has 0 aromatic heterocycles. The number of esters is 1. The normalized spacial score (nSPS) is 50.8. The van der Waals surface area contributed by atoms with Gasteiger partial charge in [-0.2, -0.15) is 0 Å². The minimum absolute atomic E-state index is 0.115. The Morgan fingerprint density at radius 3 is 2.64 bits per heavy atom. The Balaban J connectivity index is 1.67. The maximum absolute atomic E-state index is 11.4. The van der Waals surface area contributed by atoms with Crippen LogP contribution in [0.15, 0.2) is 0 Å². The van der Waals surface area contributed by atoms with Gasteiger partial charge < -0.3 is 19.3 Å². The molecule has 5 aliphatic rings. The van der Waals surface area contributed by atoms with E-state index in [9.17, 15) is 9.59 Å². The molecule has 1 saturated carbocycles. The molecule has 5 rings (SSSR count). The van der Waals surface area contributed by atoms with Crippen molar-refractivity contribution >= 4 is 11.9 Å². The Hall–Kier alpha value is -1.22. The van der Waals surface area contributed by atoms with Gasteiger partial charge in [0, 0.05) is 12.3 Å². The SMILES string of the molecule is C[C@@H]1CC[C@@H]2[C@]34OO[C@@](C)(CCC13)O[C@H]4O[C@]2(C)COC(=O)C(=O)O. The zero-order valence-electron chi connectivity index (χ0n) is 14.6. The first-order valence-electron chi connectivity index (χ1n) is 8.83. The van der Waals surface area contributed by atoms with E-state index in [-0.39, 0.29) is 18.4 Å². The Bertz CT molecular complexity index is 607. The van der Waals surface area contributed by atoms with Crippen molar-refractivity contribution < 1.29 is 38.7 Å². The average Bonchev–Trinajstić information content (AvgIpc) is 2.64. The molecule has 1 aliphatic carbocycles. The number of fused-ring (bicyclic) bond motifs is 2. The van der Waals surface area contributed by atoms with Crippen molar-refractivity contribution in [2.45, 2.75) is 69.7 Å². The molecule has 4 saturated heterocycles. The summed E-state index contributed by atoms with van der Waals surface area (Å²) in [5, 5.41) is 8.75. The van der Waals surface area contributed by atoms with Crippen LogP contribution in [0.4, 0.5) is 0 Å². The molecular weight excluding hydrogens is 332 g/mol. The molecule has 4 aliphatic heterocycles. The third-order valence-corrected chi connectivity index (χ3v) is 6.50. The zero-order chi connectivity index (χ0) is 18.0. The van der Waals surface area contributed by atoms with Crippen LogP contribution in [0.3, 0.4) is 0 Å². The van der Waals surface area contributed by atoms with Gasteiger partial charge in [-0.05, 0) is 44.9 Å². The van der Waals surface area contributed by atoms with Gasteiger partial charge in [-0.3, -0.25) is 0 Å². The first-order chi connectivity index (χ1) is 11.7. The molecule has 8 heteroatoms. The summed E-state index contributed by atoms with van der Waals surface area (Å²) in [6.07, 6.45) is 2.80. The standard InChI is InChI=1S/C17H24O8/c1-9-4-5-11-15(2,8-21-13(20)12(18)19)22-14-17(11)10(9)6-7-16(3,23-14)24-25-17/h9-11,14H,4-8H2,1-3H3,(H,18,19)/t9-,10?,11+,14-,15-,16+,17-/m1/s1. The van der Waals surface area contributed by atoms with Crippen LogP contribution in [-0.2, 0) is 33.6 Å². The van der Waals surface area contributed by atoms with E-state index in [4.69, 9.17) is 29.1 Å². The second-order valence-corrected chi connectivity index (χ2v) is 8.17. The number of carbonyl (C=O) groups is 2. The minimum atomic E-state index is -1.62. The van der Waals surface area contributed by atoms with Gasteiger partial charge in [0.25, 0.3) is 0 Å². The van der Waals surface area contributed by atoms with E-state index in [1.807, 2.05) is 13.8 Å². The number of carboxylic acids is 1. The fourth-order valence-corrected chi connectivity index (χ4v) is 5.22. The summed E-state index contributed by atoms with van der Waals surface area (Å²) in [5.41, 5.74) is -1.64. The van der Waals surface area contributed by atoms with Crippen molar-refractivity contribution in [1.82, 2.24) is 0 Å². The lowest BCUT2D eigenvalue weighted by Gasteiger charge is -2.50. The highest BCUT2D eigenvalue weighted by Gasteiger charge is 2.74. The summed E-state index contributed by atoms with van der Waals surface area (Å²) in [6, 6.07) is 0. The number of ether oxygens (including phenoxy) is 3. The van der Waals surface area contributed by atoms with Crippen LogP contribution >= 0.6 is 0 Å². The van der Waals surface area contributed by atoms with E-state index in [1.54, 1.807) is 0 Å². The Morgan fingerprint density at radius 2 is 1.92 bits per heavy atom. The van der Waals surface area contributed by atoms with Crippen molar-refractivity contribution in [3.05, 3.63) is 0 Å². The average molecular weight is 356 g/mol. The van der Waals surface area contributed by atoms with Crippen molar-refractivity contribution in [1.29, 1.82) is 0 Å². The molecule has 25 heavy (non-hydrogen) atoms. The number of carbonyl (C=O) groups excluding carboxylic acids is 1. The molecule has 0 aromatic carbocycles. The van der Waals surface area contributed by atoms with E-state index in [0.29, 0.717) is 5.92 Å². The van der Waals surface area contributed by atoms with Gasteiger partial charge in [0.15, 0.2) is 11.9 Å². The topological polar surface area (TPSA) is 101 Å². The molecule has 0 radical (unpaired) electrons. The van der Waals surface area contributed by atoms with E-state index >= 15 is 0 Å². The molecule has 0 aromatic rings. The van der Waals surface area contributed by atoms with Crippen LogP contribution in [0.25, 0.3) is 0 Å². The number of aliphatic carboxylic acids is 1. The molecular formula is C17H24O8. The van der Waals surface area contributed by atoms with E-state index in [2.05, 4.69) is 6.92 Å². The molecule has 7 atom stereocenters. The highest BCUT2D eigenvalue weighted by molar-refractivity contribution is 6.28. The van der Waals surface area contributed by atoms with Gasteiger partial charge in [-0.25, -0.2) is 19.4 Å². The number of rotatable bonds is 2. The van der Waals surface area contributed by atoms with Gasteiger partial charge in [0.1, 0.15) is 12.2 Å². The Labute approximate surface area is 145 Å². The van der Waals surface area contributed by atoms with Crippen LogP contribution in [0.1, 0.15) is 46.5 Å². The highest BCUT2D eigenvalue weighted by atomic mass is 17.3. The predicted molar refractivity (Wildman–Crippen MR) is 80.9 cm³/mol. The van der Waals surface area contributed by atoms with E-state index < -0.39 is 35.2 Å². The van der Waals surface area contributed by atoms with Gasteiger partial charge in [0.05, 0.1) is 0 Å². The first kappa shape index (κ1) is 17.2. The fraction of sp³-hybridized carbons (Fsp3) is 0.882. The predicted octanol–water partition coefficient (Wildman–Crippen LogP) is 1.62. The van der Waals surface area contributed by atoms with Gasteiger partial charge in [-0.15, -0.1) is 0 Å². The summed E-state index contributed by atoms with van der Waals surface area (Å²) in [5.74, 6) is -3.25. The van der Waals surface area contributed by atoms with E-state index in [0.717, 1.165) is 25.7 Å². The fourth-order valence-electron chi connectivity index (χ4n) is 5.22. The molecule has 1 N–H and O–H groups in total.